The molecular weight excluding hydrogens is 320 g/mol. The van der Waals surface area contributed by atoms with Gasteiger partial charge < -0.3 is 24.8 Å². The molecule has 0 aromatic heterocycles. The number of hydrogen-bond acceptors (Lipinski definition) is 4. The van der Waals surface area contributed by atoms with E-state index in [1.807, 2.05) is 55.5 Å². The van der Waals surface area contributed by atoms with Gasteiger partial charge in [0.05, 0.1) is 20.2 Å². The van der Waals surface area contributed by atoms with Crippen LogP contribution in [0.2, 0.25) is 0 Å². The zero-order valence-corrected chi connectivity index (χ0v) is 14.6. The molecule has 25 heavy (non-hydrogen) atoms. The number of hydrogen-bond donors (Lipinski definition) is 2. The number of urea groups is 1. The van der Waals surface area contributed by atoms with Gasteiger partial charge in [0.15, 0.2) is 0 Å². The maximum Gasteiger partial charge on any atom is 0.315 e. The van der Waals surface area contributed by atoms with Crippen LogP contribution in [0.5, 0.6) is 17.2 Å². The summed E-state index contributed by atoms with van der Waals surface area (Å²) in [6, 6.07) is 14.8. The van der Waals surface area contributed by atoms with Crippen molar-refractivity contribution in [1.29, 1.82) is 0 Å². The second-order valence-electron chi connectivity index (χ2n) is 5.37. The smallest absolute Gasteiger partial charge is 0.315 e. The Morgan fingerprint density at radius 1 is 0.880 bits per heavy atom. The van der Waals surface area contributed by atoms with Crippen molar-refractivity contribution in [2.75, 3.05) is 33.4 Å². The molecule has 0 unspecified atom stereocenters. The molecule has 2 rings (SSSR count). The highest BCUT2D eigenvalue weighted by atomic mass is 16.5. The van der Waals surface area contributed by atoms with Gasteiger partial charge in [-0.15, -0.1) is 0 Å². The van der Waals surface area contributed by atoms with Gasteiger partial charge in [0.2, 0.25) is 0 Å². The molecule has 0 bridgehead atoms. The molecule has 0 radical (unpaired) electrons. The molecule has 0 aliphatic heterocycles. The zero-order valence-electron chi connectivity index (χ0n) is 14.6. The van der Waals surface area contributed by atoms with Crippen molar-refractivity contribution in [2.24, 2.45) is 0 Å². The third kappa shape index (κ3) is 7.03. The molecule has 2 amide bonds. The summed E-state index contributed by atoms with van der Waals surface area (Å²) in [6.07, 6.45) is 0. The maximum absolute atomic E-state index is 11.7. The number of nitrogens with one attached hydrogen (secondary N) is 2. The van der Waals surface area contributed by atoms with Gasteiger partial charge in [-0.25, -0.2) is 4.79 Å². The zero-order chi connectivity index (χ0) is 17.9. The van der Waals surface area contributed by atoms with Crippen molar-refractivity contribution in [3.05, 3.63) is 54.1 Å². The molecule has 2 aromatic rings. The van der Waals surface area contributed by atoms with E-state index in [4.69, 9.17) is 14.2 Å². The number of benzene rings is 2. The molecule has 0 fully saturated rings. The Morgan fingerprint density at radius 3 is 2.08 bits per heavy atom. The molecular formula is C19H24N2O4. The lowest BCUT2D eigenvalue weighted by Crippen LogP contribution is -2.39. The molecule has 2 aromatic carbocycles. The van der Waals surface area contributed by atoms with Crippen molar-refractivity contribution in [2.45, 2.75) is 6.92 Å². The average Bonchev–Trinajstić information content (AvgIpc) is 2.63. The molecule has 0 aliphatic rings. The molecule has 0 spiro atoms. The van der Waals surface area contributed by atoms with E-state index in [-0.39, 0.29) is 6.03 Å². The van der Waals surface area contributed by atoms with Crippen molar-refractivity contribution in [3.8, 4) is 17.2 Å². The van der Waals surface area contributed by atoms with Crippen LogP contribution < -0.4 is 24.8 Å². The van der Waals surface area contributed by atoms with E-state index in [0.29, 0.717) is 26.3 Å². The Kier molecular flexibility index (Phi) is 7.43. The first kappa shape index (κ1) is 18.4. The van der Waals surface area contributed by atoms with Gasteiger partial charge in [-0.05, 0) is 48.9 Å². The first-order valence-electron chi connectivity index (χ1n) is 8.15. The lowest BCUT2D eigenvalue weighted by Gasteiger charge is -2.10. The number of amides is 2. The van der Waals surface area contributed by atoms with Gasteiger partial charge in [-0.2, -0.15) is 0 Å². The van der Waals surface area contributed by atoms with Gasteiger partial charge in [-0.1, -0.05) is 12.1 Å². The molecule has 0 aliphatic carbocycles. The molecule has 134 valence electrons. The van der Waals surface area contributed by atoms with Crippen LogP contribution in [0.1, 0.15) is 5.56 Å². The van der Waals surface area contributed by atoms with Crippen molar-refractivity contribution in [3.63, 3.8) is 0 Å². The molecule has 0 saturated carbocycles. The van der Waals surface area contributed by atoms with E-state index in [1.54, 1.807) is 7.11 Å². The minimum Gasteiger partial charge on any atom is -0.497 e. The van der Waals surface area contributed by atoms with Crippen LogP contribution in [0.3, 0.4) is 0 Å². The van der Waals surface area contributed by atoms with Crippen molar-refractivity contribution in [1.82, 2.24) is 10.6 Å². The first-order chi connectivity index (χ1) is 12.2. The van der Waals surface area contributed by atoms with E-state index in [0.717, 1.165) is 22.8 Å². The summed E-state index contributed by atoms with van der Waals surface area (Å²) in [6.45, 7) is 3.65. The Labute approximate surface area is 148 Å². The molecule has 0 atom stereocenters. The number of rotatable bonds is 9. The van der Waals surface area contributed by atoms with E-state index >= 15 is 0 Å². The van der Waals surface area contributed by atoms with Crippen LogP contribution in [0.25, 0.3) is 0 Å². The summed E-state index contributed by atoms with van der Waals surface area (Å²) in [5.74, 6) is 2.31. The number of methoxy groups -OCH3 is 1. The van der Waals surface area contributed by atoms with Gasteiger partial charge >= 0.3 is 6.03 Å². The van der Waals surface area contributed by atoms with Gasteiger partial charge in [0, 0.05) is 0 Å². The quantitative estimate of drug-likeness (QED) is 0.687. The molecule has 6 heteroatoms. The Hall–Kier alpha value is -2.89. The van der Waals surface area contributed by atoms with Crippen molar-refractivity contribution >= 4 is 6.03 Å². The SMILES string of the molecule is COc1ccc(OCCNC(=O)NCCOc2cccc(C)c2)cc1. The number of carbonyl (C=O) groups excluding carboxylic acids is 1. The monoisotopic (exact) mass is 344 g/mol. The molecule has 0 heterocycles. The second kappa shape index (κ2) is 10.1. The molecule has 2 N–H and O–H groups in total. The van der Waals surface area contributed by atoms with E-state index < -0.39 is 0 Å². The van der Waals surface area contributed by atoms with Crippen LogP contribution in [-0.4, -0.2) is 39.4 Å². The number of aryl methyl sites for hydroxylation is 1. The minimum atomic E-state index is -0.244. The Balaban J connectivity index is 1.53. The molecule has 0 saturated heterocycles. The van der Waals surface area contributed by atoms with E-state index in [9.17, 15) is 4.79 Å². The summed E-state index contributed by atoms with van der Waals surface area (Å²) in [5, 5.41) is 5.46. The topological polar surface area (TPSA) is 68.8 Å². The number of carbonyl (C=O) groups is 1. The maximum atomic E-state index is 11.7. The standard InChI is InChI=1S/C19H24N2O4/c1-15-4-3-5-18(14-15)25-13-11-21-19(22)20-10-12-24-17-8-6-16(23-2)7-9-17/h3-9,14H,10-13H2,1-2H3,(H2,20,21,22). The van der Waals surface area contributed by atoms with E-state index in [2.05, 4.69) is 10.6 Å². The normalized spacial score (nSPS) is 10.0. The highest BCUT2D eigenvalue weighted by Gasteiger charge is 2.00. The fourth-order valence-electron chi connectivity index (χ4n) is 2.11. The third-order valence-corrected chi connectivity index (χ3v) is 3.36. The summed E-state index contributed by atoms with van der Waals surface area (Å²) in [7, 11) is 1.62. The summed E-state index contributed by atoms with van der Waals surface area (Å²) >= 11 is 0. The summed E-state index contributed by atoms with van der Waals surface area (Å²) < 4.78 is 16.2. The second-order valence-corrected chi connectivity index (χ2v) is 5.37. The molecule has 6 nitrogen and oxygen atoms in total. The van der Waals surface area contributed by atoms with Crippen LogP contribution in [0, 0.1) is 6.92 Å². The average molecular weight is 344 g/mol. The highest BCUT2D eigenvalue weighted by Crippen LogP contribution is 2.16. The van der Waals surface area contributed by atoms with Crippen LogP contribution in [0.4, 0.5) is 4.79 Å². The first-order valence-corrected chi connectivity index (χ1v) is 8.15. The van der Waals surface area contributed by atoms with Crippen LogP contribution >= 0.6 is 0 Å². The summed E-state index contributed by atoms with van der Waals surface area (Å²) in [4.78, 5) is 11.7. The lowest BCUT2D eigenvalue weighted by molar-refractivity contribution is 0.232. The number of ether oxygens (including phenoxy) is 3. The van der Waals surface area contributed by atoms with Gasteiger partial charge in [0.25, 0.3) is 0 Å². The fraction of sp³-hybridized carbons (Fsp3) is 0.316. The van der Waals surface area contributed by atoms with E-state index in [1.165, 1.54) is 0 Å². The third-order valence-electron chi connectivity index (χ3n) is 3.36. The van der Waals surface area contributed by atoms with Gasteiger partial charge in [0.1, 0.15) is 30.5 Å². The van der Waals surface area contributed by atoms with Gasteiger partial charge in [-0.3, -0.25) is 0 Å². The Bertz CT molecular complexity index is 659. The largest absolute Gasteiger partial charge is 0.497 e. The highest BCUT2D eigenvalue weighted by molar-refractivity contribution is 5.73. The van der Waals surface area contributed by atoms with Crippen LogP contribution in [0.15, 0.2) is 48.5 Å². The summed E-state index contributed by atoms with van der Waals surface area (Å²) in [5.41, 5.74) is 1.14. The Morgan fingerprint density at radius 2 is 1.48 bits per heavy atom. The predicted molar refractivity (Wildman–Crippen MR) is 96.6 cm³/mol. The van der Waals surface area contributed by atoms with Crippen molar-refractivity contribution < 1.29 is 19.0 Å². The minimum absolute atomic E-state index is 0.244. The fourth-order valence-corrected chi connectivity index (χ4v) is 2.11. The van der Waals surface area contributed by atoms with Crippen LogP contribution in [-0.2, 0) is 0 Å². The lowest BCUT2D eigenvalue weighted by atomic mass is 10.2. The predicted octanol–water partition coefficient (Wildman–Crippen LogP) is 2.76.